The Balaban J connectivity index is 1.31. The summed E-state index contributed by atoms with van der Waals surface area (Å²) in [6, 6.07) is 0.129. The van der Waals surface area contributed by atoms with Crippen LogP contribution in [0.3, 0.4) is 0 Å². The van der Waals surface area contributed by atoms with Gasteiger partial charge in [-0.1, -0.05) is 6.92 Å². The van der Waals surface area contributed by atoms with E-state index in [0.29, 0.717) is 25.4 Å². The number of ether oxygens (including phenoxy) is 1. The van der Waals surface area contributed by atoms with Gasteiger partial charge in [-0.05, 0) is 37.5 Å². The second-order valence-corrected chi connectivity index (χ2v) is 7.92. The van der Waals surface area contributed by atoms with E-state index in [0.717, 1.165) is 19.3 Å². The van der Waals surface area contributed by atoms with Gasteiger partial charge in [-0.25, -0.2) is 0 Å². The van der Waals surface area contributed by atoms with Crippen LogP contribution in [0.15, 0.2) is 6.20 Å². The Hall–Kier alpha value is -1.96. The second-order valence-electron chi connectivity index (χ2n) is 7.92. The lowest BCUT2D eigenvalue weighted by molar-refractivity contribution is -0.145. The molecule has 4 aliphatic rings. The van der Waals surface area contributed by atoms with Crippen molar-refractivity contribution in [3.63, 3.8) is 0 Å². The van der Waals surface area contributed by atoms with Crippen LogP contribution in [-0.4, -0.2) is 63.5 Å². The third-order valence-corrected chi connectivity index (χ3v) is 5.64. The summed E-state index contributed by atoms with van der Waals surface area (Å²) in [5, 5.41) is 13.0. The smallest absolute Gasteiger partial charge is 0.276 e. The van der Waals surface area contributed by atoms with Gasteiger partial charge in [0.2, 0.25) is 0 Å². The molecule has 1 saturated carbocycles. The number of carbonyl (C=O) groups is 2. The number of hydrogen-bond acceptors (Lipinski definition) is 5. The van der Waals surface area contributed by atoms with E-state index >= 15 is 0 Å². The molecule has 130 valence electrons. The number of H-pyrrole nitrogens is 1. The van der Waals surface area contributed by atoms with Crippen molar-refractivity contribution in [2.45, 2.75) is 44.8 Å². The molecular formula is C16H23N5O3. The lowest BCUT2D eigenvalue weighted by Crippen LogP contribution is -2.54. The van der Waals surface area contributed by atoms with Gasteiger partial charge in [-0.2, -0.15) is 15.4 Å². The molecule has 8 heteroatoms. The number of likely N-dealkylation sites (tertiary alicyclic amines) is 1. The van der Waals surface area contributed by atoms with E-state index in [1.165, 1.54) is 6.20 Å². The van der Waals surface area contributed by atoms with Crippen LogP contribution < -0.4 is 5.32 Å². The van der Waals surface area contributed by atoms with Crippen molar-refractivity contribution in [3.8, 4) is 0 Å². The Morgan fingerprint density at radius 1 is 1.50 bits per heavy atom. The molecule has 5 rings (SSSR count). The van der Waals surface area contributed by atoms with Crippen molar-refractivity contribution in [3.05, 3.63) is 11.9 Å². The fraction of sp³-hybridized carbons (Fsp3) is 0.750. The fourth-order valence-electron chi connectivity index (χ4n) is 4.49. The molecular weight excluding hydrogens is 310 g/mol. The Morgan fingerprint density at radius 2 is 2.29 bits per heavy atom. The third-order valence-electron chi connectivity index (χ3n) is 5.64. The fourth-order valence-corrected chi connectivity index (χ4v) is 4.49. The van der Waals surface area contributed by atoms with Crippen molar-refractivity contribution in [2.24, 2.45) is 11.3 Å². The molecule has 4 fully saturated rings. The third kappa shape index (κ3) is 2.40. The summed E-state index contributed by atoms with van der Waals surface area (Å²) in [6.45, 7) is 6.07. The maximum absolute atomic E-state index is 12.4. The first kappa shape index (κ1) is 15.6. The average molecular weight is 333 g/mol. The summed E-state index contributed by atoms with van der Waals surface area (Å²) in [4.78, 5) is 26.7. The van der Waals surface area contributed by atoms with E-state index in [2.05, 4.69) is 27.7 Å². The first-order valence-corrected chi connectivity index (χ1v) is 8.50. The topological polar surface area (TPSA) is 100 Å². The highest BCUT2D eigenvalue weighted by atomic mass is 16.5. The molecule has 24 heavy (non-hydrogen) atoms. The molecule has 1 aromatic rings. The van der Waals surface area contributed by atoms with Crippen LogP contribution in [0.1, 0.15) is 43.6 Å². The minimum absolute atomic E-state index is 0.00593. The number of rotatable bonds is 4. The number of carbonyl (C=O) groups excluding carboxylic acids is 2. The van der Waals surface area contributed by atoms with Gasteiger partial charge in [-0.3, -0.25) is 9.59 Å². The molecule has 2 N–H and O–H groups in total. The van der Waals surface area contributed by atoms with Gasteiger partial charge in [0, 0.05) is 19.1 Å². The maximum atomic E-state index is 12.4. The van der Waals surface area contributed by atoms with Crippen LogP contribution in [0.2, 0.25) is 0 Å². The van der Waals surface area contributed by atoms with Crippen molar-refractivity contribution in [1.29, 1.82) is 0 Å². The van der Waals surface area contributed by atoms with Crippen LogP contribution in [0, 0.1) is 11.3 Å². The molecule has 3 saturated heterocycles. The van der Waals surface area contributed by atoms with Gasteiger partial charge in [0.25, 0.3) is 11.8 Å². The highest BCUT2D eigenvalue weighted by molar-refractivity contribution is 5.92. The predicted molar refractivity (Wildman–Crippen MR) is 84.0 cm³/mol. The second kappa shape index (κ2) is 5.27. The summed E-state index contributed by atoms with van der Waals surface area (Å²) in [6.07, 6.45) is 3.96. The van der Waals surface area contributed by atoms with E-state index in [4.69, 9.17) is 4.74 Å². The van der Waals surface area contributed by atoms with Crippen LogP contribution in [0.4, 0.5) is 0 Å². The molecule has 2 unspecified atom stereocenters. The highest BCUT2D eigenvalue weighted by Crippen LogP contribution is 2.57. The monoisotopic (exact) mass is 333 g/mol. The zero-order valence-electron chi connectivity index (χ0n) is 14.0. The minimum atomic E-state index is -0.588. The minimum Gasteiger partial charge on any atom is -0.365 e. The summed E-state index contributed by atoms with van der Waals surface area (Å²) >= 11 is 0. The molecule has 2 bridgehead atoms. The Morgan fingerprint density at radius 3 is 2.92 bits per heavy atom. The molecule has 0 radical (unpaired) electrons. The first-order chi connectivity index (χ1) is 11.4. The van der Waals surface area contributed by atoms with Gasteiger partial charge in [-0.15, -0.1) is 0 Å². The number of aromatic amines is 1. The highest BCUT2D eigenvalue weighted by Gasteiger charge is 2.63. The zero-order chi connectivity index (χ0) is 16.9. The number of fused-ring (bicyclic) bond motifs is 1. The lowest BCUT2D eigenvalue weighted by Gasteiger charge is -2.41. The van der Waals surface area contributed by atoms with Gasteiger partial charge < -0.3 is 15.0 Å². The molecule has 2 atom stereocenters. The van der Waals surface area contributed by atoms with Crippen molar-refractivity contribution >= 4 is 11.8 Å². The summed E-state index contributed by atoms with van der Waals surface area (Å²) in [5.41, 5.74) is -0.0617. The molecule has 3 aliphatic heterocycles. The molecule has 1 aromatic heterocycles. The van der Waals surface area contributed by atoms with Crippen LogP contribution in [0.25, 0.3) is 0 Å². The normalized spacial score (nSPS) is 37.3. The quantitative estimate of drug-likeness (QED) is 0.828. The molecule has 4 heterocycles. The number of hydrogen-bond donors (Lipinski definition) is 2. The molecule has 0 aromatic carbocycles. The number of nitrogens with one attached hydrogen (secondary N) is 2. The largest absolute Gasteiger partial charge is 0.365 e. The lowest BCUT2D eigenvalue weighted by atomic mass is 9.63. The van der Waals surface area contributed by atoms with Crippen molar-refractivity contribution in [1.82, 2.24) is 25.6 Å². The van der Waals surface area contributed by atoms with Crippen molar-refractivity contribution in [2.75, 3.05) is 19.7 Å². The zero-order valence-corrected chi connectivity index (χ0v) is 14.0. The molecule has 2 amide bonds. The van der Waals surface area contributed by atoms with E-state index in [1.807, 2.05) is 6.92 Å². The van der Waals surface area contributed by atoms with E-state index < -0.39 is 5.60 Å². The summed E-state index contributed by atoms with van der Waals surface area (Å²) in [5.74, 6) is 0.146. The summed E-state index contributed by atoms with van der Waals surface area (Å²) in [7, 11) is 0. The molecule has 0 spiro atoms. The van der Waals surface area contributed by atoms with Gasteiger partial charge in [0.15, 0.2) is 5.69 Å². The predicted octanol–water partition coefficient (Wildman–Crippen LogP) is 0.341. The van der Waals surface area contributed by atoms with Crippen molar-refractivity contribution < 1.29 is 14.3 Å². The Kier molecular flexibility index (Phi) is 3.42. The van der Waals surface area contributed by atoms with Gasteiger partial charge >= 0.3 is 0 Å². The average Bonchev–Trinajstić information content (AvgIpc) is 3.26. The van der Waals surface area contributed by atoms with Crippen LogP contribution in [-0.2, 0) is 9.53 Å². The van der Waals surface area contributed by atoms with E-state index in [-0.39, 0.29) is 29.2 Å². The molecule has 8 nitrogen and oxygen atoms in total. The van der Waals surface area contributed by atoms with E-state index in [1.54, 1.807) is 4.90 Å². The maximum Gasteiger partial charge on any atom is 0.276 e. The van der Waals surface area contributed by atoms with Gasteiger partial charge in [0.05, 0.1) is 12.8 Å². The number of aromatic nitrogens is 3. The van der Waals surface area contributed by atoms with Crippen LogP contribution in [0.5, 0.6) is 0 Å². The summed E-state index contributed by atoms with van der Waals surface area (Å²) < 4.78 is 5.73. The van der Waals surface area contributed by atoms with Crippen LogP contribution >= 0.6 is 0 Å². The Labute approximate surface area is 140 Å². The standard InChI is InChI=1S/C16H23N5O3/c1-10-3-11(6-21(10)13(22)12-5-18-20-19-12)4-17-14(23)16-7-15(2,8-16)9-24-16/h5,10-11H,3-4,6-9H2,1-2H3,(H,17,23)(H,18,19,20). The molecule has 1 aliphatic carbocycles. The number of nitrogens with zero attached hydrogens (tertiary/aromatic N) is 3. The number of amides is 2. The first-order valence-electron chi connectivity index (χ1n) is 8.50. The van der Waals surface area contributed by atoms with Gasteiger partial charge in [0.1, 0.15) is 5.60 Å². The SMILES string of the molecule is CC1CC(CNC(=O)C23CC(C)(CO2)C3)CN1C(=O)c1cn[nH]n1. The Bertz CT molecular complexity index is 653. The van der Waals surface area contributed by atoms with E-state index in [9.17, 15) is 9.59 Å².